The fraction of sp³-hybridized carbons (Fsp3) is 0.100. The van der Waals surface area contributed by atoms with Gasteiger partial charge in [-0.1, -0.05) is 115 Å². The largest absolute Gasteiger partial charge is 0.0958 e. The number of hydrogen-bond acceptors (Lipinski definition) is 0. The minimum Gasteiger partial charge on any atom is -0.0958 e. The SMILES string of the molecule is C[SiH](c1ccccc1)P(c1cccc(Cl)c1)[SiH](C)c1ccccc1. The molecule has 122 valence electrons. The minimum absolute atomic E-state index is 0.154. The Morgan fingerprint density at radius 3 is 1.62 bits per heavy atom. The van der Waals surface area contributed by atoms with E-state index >= 15 is 0 Å². The molecule has 0 saturated carbocycles. The van der Waals surface area contributed by atoms with Crippen LogP contribution in [0.2, 0.25) is 18.1 Å². The van der Waals surface area contributed by atoms with Gasteiger partial charge in [0.1, 0.15) is 0 Å². The van der Waals surface area contributed by atoms with Crippen LogP contribution in [0.15, 0.2) is 84.9 Å². The van der Waals surface area contributed by atoms with Gasteiger partial charge in [-0.05, 0) is 17.4 Å². The average Bonchev–Trinajstić information content (AvgIpc) is 2.63. The van der Waals surface area contributed by atoms with E-state index in [1.165, 1.54) is 5.30 Å². The molecule has 0 N–H and O–H groups in total. The molecule has 3 aromatic carbocycles. The smallest absolute Gasteiger partial charge is 0.0952 e. The lowest BCUT2D eigenvalue weighted by molar-refractivity contribution is 1.75. The second kappa shape index (κ2) is 8.27. The molecule has 0 aromatic heterocycles. The van der Waals surface area contributed by atoms with E-state index in [1.54, 1.807) is 10.4 Å². The topological polar surface area (TPSA) is 0 Å². The van der Waals surface area contributed by atoms with Crippen molar-refractivity contribution in [3.8, 4) is 0 Å². The molecule has 2 atom stereocenters. The molecule has 0 aliphatic carbocycles. The molecule has 0 saturated heterocycles. The van der Waals surface area contributed by atoms with Crippen LogP contribution in [0.4, 0.5) is 0 Å². The third kappa shape index (κ3) is 4.07. The molecule has 0 amide bonds. The van der Waals surface area contributed by atoms with Gasteiger partial charge in [0.05, 0.1) is 16.9 Å². The molecule has 3 aromatic rings. The van der Waals surface area contributed by atoms with Crippen molar-refractivity contribution in [3.05, 3.63) is 90.0 Å². The van der Waals surface area contributed by atoms with E-state index in [-0.39, 0.29) is 7.02 Å². The maximum absolute atomic E-state index is 6.33. The normalized spacial score (nSPS) is 14.8. The van der Waals surface area contributed by atoms with Gasteiger partial charge in [0.15, 0.2) is 0 Å². The summed E-state index contributed by atoms with van der Waals surface area (Å²) in [6.45, 7) is 5.04. The number of halogens is 1. The molecular formula is C20H22ClPSi2. The molecule has 0 radical (unpaired) electrons. The second-order valence-electron chi connectivity index (χ2n) is 6.06. The van der Waals surface area contributed by atoms with Gasteiger partial charge in [0.25, 0.3) is 0 Å². The minimum atomic E-state index is -1.08. The molecule has 3 rings (SSSR count). The van der Waals surface area contributed by atoms with Crippen LogP contribution in [0.3, 0.4) is 0 Å². The summed E-state index contributed by atoms with van der Waals surface area (Å²) in [6, 6.07) is 30.9. The van der Waals surface area contributed by atoms with Crippen LogP contribution in [0.1, 0.15) is 0 Å². The highest BCUT2D eigenvalue weighted by Gasteiger charge is 2.29. The summed E-state index contributed by atoms with van der Waals surface area (Å²) < 4.78 is 0. The van der Waals surface area contributed by atoms with Gasteiger partial charge < -0.3 is 0 Å². The summed E-state index contributed by atoms with van der Waals surface area (Å²) in [5.74, 6) is 0. The molecule has 0 heterocycles. The monoisotopic (exact) mass is 384 g/mol. The van der Waals surface area contributed by atoms with Gasteiger partial charge in [-0.15, -0.1) is 0 Å². The highest BCUT2D eigenvalue weighted by atomic mass is 35.5. The van der Waals surface area contributed by atoms with Gasteiger partial charge in [-0.25, -0.2) is 0 Å². The van der Waals surface area contributed by atoms with E-state index in [4.69, 9.17) is 11.6 Å². The summed E-state index contributed by atoms with van der Waals surface area (Å²) in [7, 11) is -2.32. The van der Waals surface area contributed by atoms with Crippen molar-refractivity contribution < 1.29 is 0 Å². The number of benzene rings is 3. The third-order valence-corrected chi connectivity index (χ3v) is 26.6. The predicted molar refractivity (Wildman–Crippen MR) is 116 cm³/mol. The van der Waals surface area contributed by atoms with E-state index in [9.17, 15) is 0 Å². The summed E-state index contributed by atoms with van der Waals surface area (Å²) in [6.07, 6.45) is 0. The Morgan fingerprint density at radius 2 is 1.17 bits per heavy atom. The fourth-order valence-corrected chi connectivity index (χ4v) is 25.5. The molecule has 0 bridgehead atoms. The van der Waals surface area contributed by atoms with Crippen molar-refractivity contribution >= 4 is 51.2 Å². The first-order valence-corrected chi connectivity index (χ1v) is 16.7. The maximum Gasteiger partial charge on any atom is 0.0952 e. The van der Waals surface area contributed by atoms with E-state index in [1.807, 2.05) is 6.07 Å². The molecule has 2 unspecified atom stereocenters. The maximum atomic E-state index is 6.33. The van der Waals surface area contributed by atoms with Gasteiger partial charge >= 0.3 is 0 Å². The Morgan fingerprint density at radius 1 is 0.667 bits per heavy atom. The van der Waals surface area contributed by atoms with Crippen LogP contribution >= 0.6 is 18.6 Å². The average molecular weight is 385 g/mol. The highest BCUT2D eigenvalue weighted by Crippen LogP contribution is 2.41. The van der Waals surface area contributed by atoms with E-state index in [0.29, 0.717) is 0 Å². The van der Waals surface area contributed by atoms with Crippen LogP contribution in [-0.2, 0) is 0 Å². The van der Waals surface area contributed by atoms with Crippen LogP contribution in [0.25, 0.3) is 0 Å². The molecule has 0 fully saturated rings. The Labute approximate surface area is 154 Å². The van der Waals surface area contributed by atoms with Gasteiger partial charge in [-0.2, -0.15) is 0 Å². The Balaban J connectivity index is 2.04. The lowest BCUT2D eigenvalue weighted by atomic mass is 10.4. The summed E-state index contributed by atoms with van der Waals surface area (Å²) in [5, 5.41) is 5.49. The van der Waals surface area contributed by atoms with Crippen molar-refractivity contribution in [1.82, 2.24) is 0 Å². The quantitative estimate of drug-likeness (QED) is 0.461. The van der Waals surface area contributed by atoms with Crippen molar-refractivity contribution in [1.29, 1.82) is 0 Å². The summed E-state index contributed by atoms with van der Waals surface area (Å²) in [5.41, 5.74) is 0. The number of hydrogen-bond donors (Lipinski definition) is 0. The highest BCUT2D eigenvalue weighted by molar-refractivity contribution is 8.19. The van der Waals surface area contributed by atoms with Crippen molar-refractivity contribution in [2.75, 3.05) is 0 Å². The first-order chi connectivity index (χ1) is 11.7. The Bertz CT molecular complexity index is 734. The second-order valence-corrected chi connectivity index (χ2v) is 21.6. The van der Waals surface area contributed by atoms with Crippen molar-refractivity contribution in [2.45, 2.75) is 13.1 Å². The van der Waals surface area contributed by atoms with Crippen LogP contribution in [0, 0.1) is 0 Å². The Kier molecular flexibility index (Phi) is 6.07. The summed E-state index contributed by atoms with van der Waals surface area (Å²) in [4.78, 5) is 0. The molecule has 24 heavy (non-hydrogen) atoms. The van der Waals surface area contributed by atoms with E-state index in [0.717, 1.165) is 5.02 Å². The molecular weight excluding hydrogens is 363 g/mol. The van der Waals surface area contributed by atoms with E-state index in [2.05, 4.69) is 92.0 Å². The van der Waals surface area contributed by atoms with Crippen molar-refractivity contribution in [3.63, 3.8) is 0 Å². The molecule has 0 aliphatic rings. The first kappa shape index (κ1) is 17.6. The van der Waals surface area contributed by atoms with Gasteiger partial charge in [0.2, 0.25) is 0 Å². The molecule has 0 aliphatic heterocycles. The zero-order chi connectivity index (χ0) is 16.9. The lowest BCUT2D eigenvalue weighted by Crippen LogP contribution is -2.39. The van der Waals surface area contributed by atoms with Crippen molar-refractivity contribution in [2.24, 2.45) is 0 Å². The molecule has 4 heteroatoms. The van der Waals surface area contributed by atoms with Crippen LogP contribution in [0.5, 0.6) is 0 Å². The molecule has 0 spiro atoms. The standard InChI is InChI=1S/C20H22ClPSi2/c1-23(19-12-5-3-6-13-19)22(18-11-9-10-17(21)16-18)24(2)20-14-7-4-8-15-20/h3-16,23-24H,1-2H3. The number of rotatable bonds is 5. The van der Waals surface area contributed by atoms with Crippen LogP contribution in [-0.4, -0.2) is 16.9 Å². The van der Waals surface area contributed by atoms with Crippen LogP contribution < -0.4 is 15.7 Å². The van der Waals surface area contributed by atoms with Gasteiger partial charge in [0, 0.05) is 5.02 Å². The lowest BCUT2D eigenvalue weighted by Gasteiger charge is -2.30. The fourth-order valence-electron chi connectivity index (χ4n) is 3.20. The van der Waals surface area contributed by atoms with E-state index < -0.39 is 16.9 Å². The zero-order valence-electron chi connectivity index (χ0n) is 14.1. The summed E-state index contributed by atoms with van der Waals surface area (Å²) >= 11 is 6.33. The first-order valence-electron chi connectivity index (χ1n) is 8.30. The third-order valence-electron chi connectivity index (χ3n) is 4.50. The predicted octanol–water partition coefficient (Wildman–Crippen LogP) is 3.97. The van der Waals surface area contributed by atoms with Gasteiger partial charge in [-0.3, -0.25) is 0 Å². The molecule has 0 nitrogen and oxygen atoms in total. The Hall–Kier alpha value is -1.19. The zero-order valence-corrected chi connectivity index (χ0v) is 18.0.